The van der Waals surface area contributed by atoms with Crippen molar-refractivity contribution in [2.45, 2.75) is 26.7 Å². The van der Waals surface area contributed by atoms with E-state index < -0.39 is 0 Å². The summed E-state index contributed by atoms with van der Waals surface area (Å²) in [5.41, 5.74) is 1.14. The van der Waals surface area contributed by atoms with E-state index in [1.807, 2.05) is 0 Å². The van der Waals surface area contributed by atoms with E-state index >= 15 is 0 Å². The van der Waals surface area contributed by atoms with Crippen LogP contribution >= 0.6 is 0 Å². The number of rotatable bonds is 0. The van der Waals surface area contributed by atoms with Gasteiger partial charge in [0.25, 0.3) is 0 Å². The van der Waals surface area contributed by atoms with Crippen molar-refractivity contribution in [3.05, 3.63) is 12.2 Å². The second kappa shape index (κ2) is 1.77. The third-order valence-electron chi connectivity index (χ3n) is 3.63. The Morgan fingerprint density at radius 2 is 2.18 bits per heavy atom. The molecule has 0 amide bonds. The van der Waals surface area contributed by atoms with Crippen LogP contribution in [0.1, 0.15) is 26.7 Å². The van der Waals surface area contributed by atoms with E-state index in [4.69, 9.17) is 0 Å². The van der Waals surface area contributed by atoms with Crippen LogP contribution in [-0.4, -0.2) is 5.78 Å². The summed E-state index contributed by atoms with van der Waals surface area (Å²) in [6, 6.07) is 0. The van der Waals surface area contributed by atoms with E-state index in [2.05, 4.69) is 20.4 Å². The minimum absolute atomic E-state index is 0.276. The summed E-state index contributed by atoms with van der Waals surface area (Å²) in [5, 5.41) is 0. The van der Waals surface area contributed by atoms with Gasteiger partial charge in [0.05, 0.1) is 0 Å². The normalized spacial score (nSPS) is 40.2. The SMILES string of the molecule is C=C1C[C@@H]2C[C@H](C1=O)C2(C)C. The lowest BCUT2D eigenvalue weighted by Gasteiger charge is -2.55. The molecule has 1 nitrogen and oxygen atoms in total. The molecule has 0 aromatic rings. The van der Waals surface area contributed by atoms with Gasteiger partial charge in [-0.3, -0.25) is 4.79 Å². The number of allylic oxidation sites excluding steroid dienone is 1. The monoisotopic (exact) mass is 150 g/mol. The van der Waals surface area contributed by atoms with Crippen LogP contribution in [0.5, 0.6) is 0 Å². The molecule has 11 heavy (non-hydrogen) atoms. The fourth-order valence-corrected chi connectivity index (χ4v) is 2.45. The van der Waals surface area contributed by atoms with Crippen molar-refractivity contribution in [2.24, 2.45) is 17.3 Å². The van der Waals surface area contributed by atoms with Crippen LogP contribution in [0.3, 0.4) is 0 Å². The maximum Gasteiger partial charge on any atom is 0.161 e. The van der Waals surface area contributed by atoms with Crippen molar-refractivity contribution in [2.75, 3.05) is 0 Å². The molecule has 0 N–H and O–H groups in total. The smallest absolute Gasteiger partial charge is 0.161 e. The van der Waals surface area contributed by atoms with Gasteiger partial charge in [0.2, 0.25) is 0 Å². The van der Waals surface area contributed by atoms with Gasteiger partial charge in [0.15, 0.2) is 5.78 Å². The van der Waals surface area contributed by atoms with Crippen molar-refractivity contribution in [3.8, 4) is 0 Å². The zero-order valence-electron chi connectivity index (χ0n) is 7.18. The lowest BCUT2D eigenvalue weighted by Crippen LogP contribution is -2.53. The van der Waals surface area contributed by atoms with Crippen molar-refractivity contribution in [3.63, 3.8) is 0 Å². The van der Waals surface area contributed by atoms with Crippen LogP contribution in [0, 0.1) is 17.3 Å². The molecule has 0 radical (unpaired) electrons. The average molecular weight is 150 g/mol. The largest absolute Gasteiger partial charge is 0.294 e. The minimum atomic E-state index is 0.276. The first-order valence-electron chi connectivity index (χ1n) is 4.25. The van der Waals surface area contributed by atoms with Gasteiger partial charge in [0, 0.05) is 5.92 Å². The van der Waals surface area contributed by atoms with Crippen LogP contribution in [-0.2, 0) is 4.79 Å². The molecular weight excluding hydrogens is 136 g/mol. The van der Waals surface area contributed by atoms with Gasteiger partial charge in [0.1, 0.15) is 0 Å². The summed E-state index contributed by atoms with van der Waals surface area (Å²) in [6.45, 7) is 8.20. The molecule has 1 heteroatoms. The van der Waals surface area contributed by atoms with Crippen molar-refractivity contribution >= 4 is 5.78 Å². The number of Topliss-reactive ketones (excluding diaryl/α,β-unsaturated/α-hetero) is 1. The van der Waals surface area contributed by atoms with Crippen molar-refractivity contribution < 1.29 is 4.79 Å². The predicted molar refractivity (Wildman–Crippen MR) is 44.1 cm³/mol. The molecule has 0 aromatic carbocycles. The van der Waals surface area contributed by atoms with Gasteiger partial charge in [-0.2, -0.15) is 0 Å². The highest BCUT2D eigenvalue weighted by molar-refractivity contribution is 5.99. The standard InChI is InChI=1S/C10H14O/c1-6-4-7-5-8(9(6)11)10(7,2)3/h7-8H,1,4-5H2,2-3H3/t7-,8-/m1/s1. The maximum absolute atomic E-state index is 11.5. The van der Waals surface area contributed by atoms with E-state index in [0.29, 0.717) is 11.7 Å². The Morgan fingerprint density at radius 3 is 2.55 bits per heavy atom. The molecule has 0 heterocycles. The van der Waals surface area contributed by atoms with E-state index in [0.717, 1.165) is 24.3 Å². The molecule has 3 fully saturated rings. The molecule has 3 aliphatic rings. The van der Waals surface area contributed by atoms with Crippen molar-refractivity contribution in [1.29, 1.82) is 0 Å². The first-order valence-corrected chi connectivity index (χ1v) is 4.25. The summed E-state index contributed by atoms with van der Waals surface area (Å²) < 4.78 is 0. The fraction of sp³-hybridized carbons (Fsp3) is 0.700. The fourth-order valence-electron chi connectivity index (χ4n) is 2.45. The molecule has 2 atom stereocenters. The van der Waals surface area contributed by atoms with Crippen LogP contribution in [0.25, 0.3) is 0 Å². The molecule has 0 aromatic heterocycles. The second-order valence-electron chi connectivity index (χ2n) is 4.48. The Balaban J connectivity index is 2.30. The molecular formula is C10H14O. The number of hydrogen-bond acceptors (Lipinski definition) is 1. The quantitative estimate of drug-likeness (QED) is 0.484. The van der Waals surface area contributed by atoms with Gasteiger partial charge in [-0.15, -0.1) is 0 Å². The number of ketones is 1. The van der Waals surface area contributed by atoms with Crippen LogP contribution in [0.2, 0.25) is 0 Å². The minimum Gasteiger partial charge on any atom is -0.294 e. The lowest BCUT2D eigenvalue weighted by atomic mass is 9.47. The van der Waals surface area contributed by atoms with E-state index in [9.17, 15) is 4.79 Å². The van der Waals surface area contributed by atoms with Crippen LogP contribution < -0.4 is 0 Å². The Bertz CT molecular complexity index is 237. The molecule has 3 saturated carbocycles. The van der Waals surface area contributed by atoms with Gasteiger partial charge in [-0.05, 0) is 29.7 Å². The zero-order chi connectivity index (χ0) is 8.22. The molecule has 0 aliphatic heterocycles. The second-order valence-corrected chi connectivity index (χ2v) is 4.48. The van der Waals surface area contributed by atoms with Gasteiger partial charge < -0.3 is 0 Å². The summed E-state index contributed by atoms with van der Waals surface area (Å²) in [5.74, 6) is 1.36. The van der Waals surface area contributed by atoms with Gasteiger partial charge >= 0.3 is 0 Å². The summed E-state index contributed by atoms with van der Waals surface area (Å²) in [6.07, 6.45) is 2.06. The predicted octanol–water partition coefficient (Wildman–Crippen LogP) is 2.18. The third kappa shape index (κ3) is 0.688. The summed E-state index contributed by atoms with van der Waals surface area (Å²) in [7, 11) is 0. The Morgan fingerprint density at radius 1 is 1.55 bits per heavy atom. The highest BCUT2D eigenvalue weighted by atomic mass is 16.1. The van der Waals surface area contributed by atoms with Crippen LogP contribution in [0.4, 0.5) is 0 Å². The molecule has 2 bridgehead atoms. The number of hydrogen-bond donors (Lipinski definition) is 0. The highest BCUT2D eigenvalue weighted by Crippen LogP contribution is 2.58. The molecule has 60 valence electrons. The Labute approximate surface area is 67.5 Å². The Kier molecular flexibility index (Phi) is 1.14. The zero-order valence-corrected chi connectivity index (χ0v) is 7.18. The van der Waals surface area contributed by atoms with Crippen molar-refractivity contribution in [1.82, 2.24) is 0 Å². The lowest BCUT2D eigenvalue weighted by molar-refractivity contribution is -0.140. The maximum atomic E-state index is 11.5. The molecule has 0 saturated heterocycles. The average Bonchev–Trinajstić information content (AvgIpc) is 1.93. The van der Waals surface area contributed by atoms with Gasteiger partial charge in [-0.25, -0.2) is 0 Å². The first-order chi connectivity index (χ1) is 5.03. The first kappa shape index (κ1) is 7.08. The third-order valence-corrected chi connectivity index (χ3v) is 3.63. The van der Waals surface area contributed by atoms with E-state index in [-0.39, 0.29) is 5.41 Å². The number of carbonyl (C=O) groups is 1. The highest BCUT2D eigenvalue weighted by Gasteiger charge is 2.55. The summed E-state index contributed by atoms with van der Waals surface area (Å²) in [4.78, 5) is 11.5. The topological polar surface area (TPSA) is 17.1 Å². The molecule has 3 rings (SSSR count). The molecule has 0 spiro atoms. The Hall–Kier alpha value is -0.590. The van der Waals surface area contributed by atoms with E-state index in [1.165, 1.54) is 0 Å². The van der Waals surface area contributed by atoms with E-state index in [1.54, 1.807) is 0 Å². The van der Waals surface area contributed by atoms with Gasteiger partial charge in [-0.1, -0.05) is 20.4 Å². The number of carbonyl (C=O) groups excluding carboxylic acids is 1. The molecule has 0 unspecified atom stereocenters. The summed E-state index contributed by atoms with van der Waals surface area (Å²) >= 11 is 0. The molecule has 3 aliphatic carbocycles. The van der Waals surface area contributed by atoms with Crippen LogP contribution in [0.15, 0.2) is 12.2 Å². The number of fused-ring (bicyclic) bond motifs is 2.